The summed E-state index contributed by atoms with van der Waals surface area (Å²) in [6.45, 7) is 4.24. The zero-order chi connectivity index (χ0) is 29.0. The number of nitrogens with one attached hydrogen (secondary N) is 2. The van der Waals surface area contributed by atoms with Crippen molar-refractivity contribution in [1.29, 1.82) is 0 Å². The van der Waals surface area contributed by atoms with E-state index >= 15 is 0 Å². The van der Waals surface area contributed by atoms with Crippen molar-refractivity contribution in [3.8, 4) is 11.5 Å². The third kappa shape index (κ3) is 8.81. The minimum absolute atomic E-state index is 0.0746. The minimum Gasteiger partial charge on any atom is -0.507 e. The molecule has 0 aliphatic carbocycles. The zero-order valence-electron chi connectivity index (χ0n) is 23.5. The maximum atomic E-state index is 12.9. The van der Waals surface area contributed by atoms with Gasteiger partial charge in [-0.3, -0.25) is 14.4 Å². The summed E-state index contributed by atoms with van der Waals surface area (Å²) in [4.78, 5) is 41.8. The molecule has 0 saturated carbocycles. The Kier molecular flexibility index (Phi) is 10.7. The van der Waals surface area contributed by atoms with Crippen molar-refractivity contribution in [2.24, 2.45) is 0 Å². The number of phenols is 1. The number of likely N-dealkylation sites (N-methyl/N-ethyl adjacent to an activating group) is 1. The molecule has 41 heavy (non-hydrogen) atoms. The van der Waals surface area contributed by atoms with Crippen molar-refractivity contribution < 1.29 is 24.2 Å². The van der Waals surface area contributed by atoms with Crippen LogP contribution in [0.3, 0.4) is 0 Å². The summed E-state index contributed by atoms with van der Waals surface area (Å²) in [5.74, 6) is 0.110. The van der Waals surface area contributed by atoms with Crippen molar-refractivity contribution in [3.05, 3.63) is 89.5 Å². The van der Waals surface area contributed by atoms with Crippen molar-refractivity contribution in [3.63, 3.8) is 0 Å². The number of anilines is 1. The van der Waals surface area contributed by atoms with E-state index in [-0.39, 0.29) is 35.6 Å². The number of hydrogen-bond acceptors (Lipinski definition) is 6. The highest BCUT2D eigenvalue weighted by Crippen LogP contribution is 2.25. The Morgan fingerprint density at radius 1 is 0.829 bits per heavy atom. The van der Waals surface area contributed by atoms with Crippen LogP contribution in [0.15, 0.2) is 72.8 Å². The van der Waals surface area contributed by atoms with Gasteiger partial charge in [0, 0.05) is 44.7 Å². The fourth-order valence-electron chi connectivity index (χ4n) is 4.56. The molecule has 1 aliphatic rings. The van der Waals surface area contributed by atoms with Crippen molar-refractivity contribution in [2.45, 2.75) is 32.2 Å². The van der Waals surface area contributed by atoms with Gasteiger partial charge in [0.15, 0.2) is 0 Å². The second-order valence-electron chi connectivity index (χ2n) is 10.2. The van der Waals surface area contributed by atoms with Gasteiger partial charge < -0.3 is 30.3 Å². The van der Waals surface area contributed by atoms with Crippen LogP contribution in [-0.2, 0) is 11.3 Å². The van der Waals surface area contributed by atoms with Gasteiger partial charge in [-0.1, -0.05) is 36.4 Å². The highest BCUT2D eigenvalue weighted by Gasteiger charge is 2.18. The Hall–Kier alpha value is -4.37. The van der Waals surface area contributed by atoms with E-state index in [4.69, 9.17) is 4.74 Å². The average molecular weight is 559 g/mol. The number of nitrogens with zero attached hydrogens (tertiary/aromatic N) is 2. The van der Waals surface area contributed by atoms with Crippen LogP contribution in [-0.4, -0.2) is 72.5 Å². The second kappa shape index (κ2) is 14.9. The van der Waals surface area contributed by atoms with Crippen LogP contribution >= 0.6 is 0 Å². The quantitative estimate of drug-likeness (QED) is 0.286. The number of ether oxygens (including phenoxy) is 1. The molecule has 0 unspecified atom stereocenters. The third-order valence-electron chi connectivity index (χ3n) is 7.10. The molecule has 0 aromatic heterocycles. The molecule has 3 N–H and O–H groups in total. The van der Waals surface area contributed by atoms with Crippen molar-refractivity contribution in [2.75, 3.05) is 45.2 Å². The first kappa shape index (κ1) is 29.6. The molecule has 3 aromatic carbocycles. The van der Waals surface area contributed by atoms with Gasteiger partial charge in [-0.2, -0.15) is 0 Å². The molecule has 0 spiro atoms. The van der Waals surface area contributed by atoms with Gasteiger partial charge in [0.05, 0.1) is 17.9 Å². The molecule has 4 rings (SSSR count). The monoisotopic (exact) mass is 558 g/mol. The molecule has 1 heterocycles. The Bertz CT molecular complexity index is 1320. The van der Waals surface area contributed by atoms with E-state index in [1.807, 2.05) is 23.1 Å². The van der Waals surface area contributed by atoms with Crippen LogP contribution < -0.4 is 15.4 Å². The van der Waals surface area contributed by atoms with Crippen LogP contribution in [0.5, 0.6) is 11.5 Å². The van der Waals surface area contributed by atoms with Crippen LogP contribution in [0, 0.1) is 0 Å². The average Bonchev–Trinajstić information content (AvgIpc) is 2.99. The van der Waals surface area contributed by atoms with Gasteiger partial charge in [-0.15, -0.1) is 0 Å². The molecule has 3 amide bonds. The lowest BCUT2D eigenvalue weighted by molar-refractivity contribution is -0.132. The number of unbranched alkanes of at least 4 members (excludes halogenated alkanes) is 2. The van der Waals surface area contributed by atoms with E-state index in [1.54, 1.807) is 48.5 Å². The van der Waals surface area contributed by atoms with Crippen LogP contribution in [0.1, 0.15) is 52.0 Å². The number of amides is 3. The van der Waals surface area contributed by atoms with Crippen molar-refractivity contribution >= 4 is 23.4 Å². The first-order chi connectivity index (χ1) is 19.9. The fourth-order valence-corrected chi connectivity index (χ4v) is 4.56. The molecule has 0 bridgehead atoms. The summed E-state index contributed by atoms with van der Waals surface area (Å²) in [5.41, 5.74) is 2.09. The first-order valence-electron chi connectivity index (χ1n) is 14.1. The molecular weight excluding hydrogens is 520 g/mol. The highest BCUT2D eigenvalue weighted by molar-refractivity contribution is 6.05. The summed E-state index contributed by atoms with van der Waals surface area (Å²) in [5, 5.41) is 15.5. The summed E-state index contributed by atoms with van der Waals surface area (Å²) in [6, 6.07) is 20.6. The third-order valence-corrected chi connectivity index (χ3v) is 7.10. The van der Waals surface area contributed by atoms with Gasteiger partial charge >= 0.3 is 0 Å². The number of carbonyl (C=O) groups is 3. The van der Waals surface area contributed by atoms with Gasteiger partial charge in [0.1, 0.15) is 11.5 Å². The maximum absolute atomic E-state index is 12.9. The van der Waals surface area contributed by atoms with E-state index in [2.05, 4.69) is 22.6 Å². The first-order valence-corrected chi connectivity index (χ1v) is 14.1. The van der Waals surface area contributed by atoms with E-state index < -0.39 is 0 Å². The topological polar surface area (TPSA) is 111 Å². The minimum atomic E-state index is -0.374. The highest BCUT2D eigenvalue weighted by atomic mass is 16.5. The molecule has 216 valence electrons. The van der Waals surface area contributed by atoms with Gasteiger partial charge in [-0.25, -0.2) is 0 Å². The normalized spacial score (nSPS) is 13.4. The smallest absolute Gasteiger partial charge is 0.255 e. The standard InChI is InChI=1S/C32H38N4O5/c1-35-18-20-36(21-19-35)30(38)13-3-2-8-22-41-29-12-7-5-10-27(29)34-31(39)25-16-14-24(15-17-25)23-33-32(40)26-9-4-6-11-28(26)37/h4-7,9-12,14-17,37H,2-3,8,13,18-23H2,1H3,(H,33,40)(H,34,39). The number of benzene rings is 3. The molecule has 1 fully saturated rings. The predicted octanol–water partition coefficient (Wildman–Crippen LogP) is 4.29. The van der Waals surface area contributed by atoms with E-state index in [0.717, 1.165) is 51.0 Å². The lowest BCUT2D eigenvalue weighted by Crippen LogP contribution is -2.47. The summed E-state index contributed by atoms with van der Waals surface area (Å²) >= 11 is 0. The maximum Gasteiger partial charge on any atom is 0.255 e. The molecule has 3 aromatic rings. The van der Waals surface area contributed by atoms with Crippen molar-refractivity contribution in [1.82, 2.24) is 15.1 Å². The predicted molar refractivity (Wildman–Crippen MR) is 158 cm³/mol. The molecule has 9 heteroatoms. The summed E-state index contributed by atoms with van der Waals surface area (Å²) in [6.07, 6.45) is 3.12. The summed E-state index contributed by atoms with van der Waals surface area (Å²) in [7, 11) is 2.08. The zero-order valence-corrected chi connectivity index (χ0v) is 23.5. The lowest BCUT2D eigenvalue weighted by Gasteiger charge is -2.32. The van der Waals surface area contributed by atoms with E-state index in [0.29, 0.717) is 30.0 Å². The molecule has 1 aliphatic heterocycles. The lowest BCUT2D eigenvalue weighted by atomic mass is 10.1. The number of para-hydroxylation sites is 3. The Balaban J connectivity index is 1.19. The van der Waals surface area contributed by atoms with Gasteiger partial charge in [-0.05, 0) is 68.3 Å². The second-order valence-corrected chi connectivity index (χ2v) is 10.2. The fraction of sp³-hybridized carbons (Fsp3) is 0.344. The molecule has 0 atom stereocenters. The van der Waals surface area contributed by atoms with Gasteiger partial charge in [0.2, 0.25) is 5.91 Å². The van der Waals surface area contributed by atoms with Crippen LogP contribution in [0.25, 0.3) is 0 Å². The van der Waals surface area contributed by atoms with Crippen LogP contribution in [0.2, 0.25) is 0 Å². The number of phenolic OH excluding ortho intramolecular Hbond substituents is 1. The Morgan fingerprint density at radius 2 is 1.54 bits per heavy atom. The molecular formula is C32H38N4O5. The molecule has 1 saturated heterocycles. The number of carbonyl (C=O) groups excluding carboxylic acids is 3. The largest absolute Gasteiger partial charge is 0.507 e. The number of piperazine rings is 1. The SMILES string of the molecule is CN1CCN(C(=O)CCCCCOc2ccccc2NC(=O)c2ccc(CNC(=O)c3ccccc3O)cc2)CC1. The number of rotatable bonds is 12. The summed E-state index contributed by atoms with van der Waals surface area (Å²) < 4.78 is 5.95. The van der Waals surface area contributed by atoms with Gasteiger partial charge in [0.25, 0.3) is 11.8 Å². The van der Waals surface area contributed by atoms with Crippen LogP contribution in [0.4, 0.5) is 5.69 Å². The number of hydrogen-bond donors (Lipinski definition) is 3. The number of aromatic hydroxyl groups is 1. The Morgan fingerprint density at radius 3 is 2.29 bits per heavy atom. The molecule has 0 radical (unpaired) electrons. The molecule has 9 nitrogen and oxygen atoms in total. The van der Waals surface area contributed by atoms with E-state index in [1.165, 1.54) is 6.07 Å². The van der Waals surface area contributed by atoms with E-state index in [9.17, 15) is 19.5 Å². The Labute approximate surface area is 241 Å².